The molecule has 90 valence electrons. The third-order valence-electron chi connectivity index (χ3n) is 4.07. The Kier molecular flexibility index (Phi) is 1.77. The van der Waals surface area contributed by atoms with Gasteiger partial charge < -0.3 is 5.73 Å². The molecule has 1 aromatic carbocycles. The molecule has 3 N–H and O–H groups in total. The predicted molar refractivity (Wildman–Crippen MR) is 71.2 cm³/mol. The van der Waals surface area contributed by atoms with Crippen LogP contribution in [0, 0.1) is 0 Å². The molecule has 0 radical (unpaired) electrons. The first-order valence-corrected chi connectivity index (χ1v) is 6.10. The second kappa shape index (κ2) is 2.84. The Morgan fingerprint density at radius 1 is 1.12 bits per heavy atom. The third-order valence-corrected chi connectivity index (χ3v) is 4.07. The summed E-state index contributed by atoms with van der Waals surface area (Å²) in [5.74, 6) is 0.600. The summed E-state index contributed by atoms with van der Waals surface area (Å²) in [6, 6.07) is 4.45. The summed E-state index contributed by atoms with van der Waals surface area (Å²) in [7, 11) is 0. The van der Waals surface area contributed by atoms with E-state index in [4.69, 9.17) is 5.73 Å². The van der Waals surface area contributed by atoms with E-state index >= 15 is 0 Å². The molecule has 2 aromatic rings. The van der Waals surface area contributed by atoms with E-state index in [1.54, 1.807) is 0 Å². The number of nitrogens with zero attached hydrogens (tertiary/aromatic N) is 1. The molecule has 0 saturated carbocycles. The SMILES string of the molecule is CC1(C)CC(C)(C)c2cc3c(N)n[nH]c3cc21. The molecule has 0 spiro atoms. The molecule has 1 aliphatic carbocycles. The van der Waals surface area contributed by atoms with Gasteiger partial charge in [-0.05, 0) is 40.5 Å². The van der Waals surface area contributed by atoms with Crippen LogP contribution in [0.5, 0.6) is 0 Å². The largest absolute Gasteiger partial charge is 0.382 e. The van der Waals surface area contributed by atoms with Crippen LogP contribution in [0.25, 0.3) is 10.9 Å². The number of aromatic nitrogens is 2. The fraction of sp³-hybridized carbons (Fsp3) is 0.500. The number of H-pyrrole nitrogens is 1. The molecule has 0 unspecified atom stereocenters. The zero-order valence-electron chi connectivity index (χ0n) is 10.9. The molecular weight excluding hydrogens is 210 g/mol. The molecule has 3 rings (SSSR count). The van der Waals surface area contributed by atoms with E-state index in [0.29, 0.717) is 5.82 Å². The van der Waals surface area contributed by atoms with Crippen molar-refractivity contribution in [3.63, 3.8) is 0 Å². The lowest BCUT2D eigenvalue weighted by Crippen LogP contribution is -2.17. The number of anilines is 1. The second-order valence-corrected chi connectivity index (χ2v) is 6.50. The summed E-state index contributed by atoms with van der Waals surface area (Å²) in [6.45, 7) is 9.24. The molecule has 0 saturated heterocycles. The number of hydrogen-bond donors (Lipinski definition) is 2. The lowest BCUT2D eigenvalue weighted by atomic mass is 9.82. The van der Waals surface area contributed by atoms with Crippen molar-refractivity contribution in [2.45, 2.75) is 44.9 Å². The Balaban J connectivity index is 2.38. The van der Waals surface area contributed by atoms with Gasteiger partial charge in [-0.15, -0.1) is 0 Å². The van der Waals surface area contributed by atoms with Gasteiger partial charge in [0, 0.05) is 5.39 Å². The smallest absolute Gasteiger partial charge is 0.153 e. The molecule has 0 fully saturated rings. The molecule has 0 aliphatic heterocycles. The van der Waals surface area contributed by atoms with Gasteiger partial charge in [-0.25, -0.2) is 0 Å². The maximum absolute atomic E-state index is 5.88. The van der Waals surface area contributed by atoms with Crippen LogP contribution in [0.1, 0.15) is 45.2 Å². The number of rotatable bonds is 0. The number of fused-ring (bicyclic) bond motifs is 2. The number of benzene rings is 1. The minimum Gasteiger partial charge on any atom is -0.382 e. The molecule has 1 aromatic heterocycles. The molecule has 1 heterocycles. The van der Waals surface area contributed by atoms with Gasteiger partial charge in [-0.2, -0.15) is 5.10 Å². The van der Waals surface area contributed by atoms with Gasteiger partial charge in [0.2, 0.25) is 0 Å². The van der Waals surface area contributed by atoms with Gasteiger partial charge in [0.25, 0.3) is 0 Å². The van der Waals surface area contributed by atoms with Crippen LogP contribution in [-0.4, -0.2) is 10.2 Å². The predicted octanol–water partition coefficient (Wildman–Crippen LogP) is 3.10. The number of hydrogen-bond acceptors (Lipinski definition) is 2. The summed E-state index contributed by atoms with van der Waals surface area (Å²) in [5, 5.41) is 8.14. The fourth-order valence-electron chi connectivity index (χ4n) is 3.50. The molecule has 0 atom stereocenters. The van der Waals surface area contributed by atoms with E-state index in [-0.39, 0.29) is 10.8 Å². The Hall–Kier alpha value is -1.51. The number of nitrogen functional groups attached to an aromatic ring is 1. The molecular formula is C14H19N3. The van der Waals surface area contributed by atoms with Crippen molar-refractivity contribution >= 4 is 16.7 Å². The van der Waals surface area contributed by atoms with Crippen LogP contribution in [-0.2, 0) is 10.8 Å². The van der Waals surface area contributed by atoms with Gasteiger partial charge in [-0.3, -0.25) is 5.10 Å². The van der Waals surface area contributed by atoms with E-state index in [1.165, 1.54) is 17.5 Å². The van der Waals surface area contributed by atoms with E-state index in [1.807, 2.05) is 0 Å². The highest BCUT2D eigenvalue weighted by atomic mass is 15.1. The maximum atomic E-state index is 5.88. The Morgan fingerprint density at radius 3 is 2.35 bits per heavy atom. The van der Waals surface area contributed by atoms with Crippen LogP contribution in [0.2, 0.25) is 0 Å². The summed E-state index contributed by atoms with van der Waals surface area (Å²) < 4.78 is 0. The standard InChI is InChI=1S/C14H19N3/c1-13(2)7-14(3,4)10-6-11-8(5-9(10)13)12(15)17-16-11/h5-6H,7H2,1-4H3,(H3,15,16,17). The average Bonchev–Trinajstić information content (AvgIpc) is 2.64. The van der Waals surface area contributed by atoms with E-state index in [0.717, 1.165) is 10.9 Å². The Labute approximate surface area is 101 Å². The quantitative estimate of drug-likeness (QED) is 0.729. The first-order valence-electron chi connectivity index (χ1n) is 6.10. The van der Waals surface area contributed by atoms with Crippen LogP contribution >= 0.6 is 0 Å². The van der Waals surface area contributed by atoms with Crippen LogP contribution in [0.4, 0.5) is 5.82 Å². The average molecular weight is 229 g/mol. The van der Waals surface area contributed by atoms with Crippen molar-refractivity contribution in [2.24, 2.45) is 0 Å². The summed E-state index contributed by atoms with van der Waals surface area (Å²) in [4.78, 5) is 0. The minimum absolute atomic E-state index is 0.219. The highest BCUT2D eigenvalue weighted by Crippen LogP contribution is 2.50. The summed E-state index contributed by atoms with van der Waals surface area (Å²) in [5.41, 5.74) is 10.2. The van der Waals surface area contributed by atoms with Crippen molar-refractivity contribution in [3.8, 4) is 0 Å². The Bertz CT molecular complexity index is 605. The van der Waals surface area contributed by atoms with Gasteiger partial charge in [0.1, 0.15) is 0 Å². The molecule has 17 heavy (non-hydrogen) atoms. The zero-order valence-corrected chi connectivity index (χ0v) is 10.9. The summed E-state index contributed by atoms with van der Waals surface area (Å²) >= 11 is 0. The molecule has 1 aliphatic rings. The highest BCUT2D eigenvalue weighted by molar-refractivity contribution is 5.90. The minimum atomic E-state index is 0.219. The number of aromatic amines is 1. The summed E-state index contributed by atoms with van der Waals surface area (Å²) in [6.07, 6.45) is 1.18. The van der Waals surface area contributed by atoms with Crippen LogP contribution < -0.4 is 5.73 Å². The molecule has 3 heteroatoms. The third kappa shape index (κ3) is 1.31. The Morgan fingerprint density at radius 2 is 1.71 bits per heavy atom. The van der Waals surface area contributed by atoms with Crippen LogP contribution in [0.15, 0.2) is 12.1 Å². The van der Waals surface area contributed by atoms with Gasteiger partial charge >= 0.3 is 0 Å². The van der Waals surface area contributed by atoms with Crippen molar-refractivity contribution in [3.05, 3.63) is 23.3 Å². The molecule has 0 bridgehead atoms. The van der Waals surface area contributed by atoms with E-state index in [2.05, 4.69) is 50.0 Å². The van der Waals surface area contributed by atoms with Crippen molar-refractivity contribution in [1.82, 2.24) is 10.2 Å². The highest BCUT2D eigenvalue weighted by Gasteiger charge is 2.42. The van der Waals surface area contributed by atoms with Crippen LogP contribution in [0.3, 0.4) is 0 Å². The van der Waals surface area contributed by atoms with Crippen molar-refractivity contribution in [2.75, 3.05) is 5.73 Å². The lowest BCUT2D eigenvalue weighted by molar-refractivity contribution is 0.403. The first kappa shape index (κ1) is 10.6. The van der Waals surface area contributed by atoms with Crippen molar-refractivity contribution in [1.29, 1.82) is 0 Å². The molecule has 3 nitrogen and oxygen atoms in total. The number of nitrogens with one attached hydrogen (secondary N) is 1. The monoisotopic (exact) mass is 229 g/mol. The number of nitrogens with two attached hydrogens (primary N) is 1. The fourth-order valence-corrected chi connectivity index (χ4v) is 3.50. The lowest BCUT2D eigenvalue weighted by Gasteiger charge is -2.22. The van der Waals surface area contributed by atoms with E-state index in [9.17, 15) is 0 Å². The molecule has 0 amide bonds. The zero-order chi connectivity index (χ0) is 12.4. The maximum Gasteiger partial charge on any atom is 0.153 e. The van der Waals surface area contributed by atoms with Gasteiger partial charge in [-0.1, -0.05) is 27.7 Å². The normalized spacial score (nSPS) is 20.7. The van der Waals surface area contributed by atoms with E-state index < -0.39 is 0 Å². The van der Waals surface area contributed by atoms with Gasteiger partial charge in [0.15, 0.2) is 5.82 Å². The van der Waals surface area contributed by atoms with Gasteiger partial charge in [0.05, 0.1) is 5.52 Å². The van der Waals surface area contributed by atoms with Crippen molar-refractivity contribution < 1.29 is 0 Å². The first-order chi connectivity index (χ1) is 7.81. The topological polar surface area (TPSA) is 54.7 Å². The second-order valence-electron chi connectivity index (χ2n) is 6.50.